The van der Waals surface area contributed by atoms with Gasteiger partial charge in [-0.1, -0.05) is 45.0 Å². The Kier molecular flexibility index (Phi) is 4.54. The zero-order valence-corrected chi connectivity index (χ0v) is 12.7. The van der Waals surface area contributed by atoms with Gasteiger partial charge in [0.25, 0.3) is 0 Å². The molecule has 0 radical (unpaired) electrons. The maximum absolute atomic E-state index is 8.71. The summed E-state index contributed by atoms with van der Waals surface area (Å²) >= 11 is 0. The van der Waals surface area contributed by atoms with Crippen LogP contribution in [0.4, 0.5) is 5.82 Å². The van der Waals surface area contributed by atoms with Crippen molar-refractivity contribution in [3.63, 3.8) is 0 Å². The summed E-state index contributed by atoms with van der Waals surface area (Å²) in [5.74, 6) is 0.687. The van der Waals surface area contributed by atoms with Gasteiger partial charge in [0.2, 0.25) is 0 Å². The van der Waals surface area contributed by atoms with Crippen LogP contribution in [-0.2, 0) is 11.8 Å². The predicted octanol–water partition coefficient (Wildman–Crippen LogP) is 3.30. The molecule has 0 bridgehead atoms. The lowest BCUT2D eigenvalue weighted by Gasteiger charge is -2.26. The number of aromatic nitrogens is 2. The van der Waals surface area contributed by atoms with E-state index in [0.717, 1.165) is 13.0 Å². The molecule has 4 heteroatoms. The molecule has 0 spiro atoms. The summed E-state index contributed by atoms with van der Waals surface area (Å²) in [7, 11) is 0. The molecular formula is C17H20N4. The summed E-state index contributed by atoms with van der Waals surface area (Å²) in [4.78, 5) is 0. The molecule has 4 nitrogen and oxygen atoms in total. The zero-order chi connectivity index (χ0) is 15.3. The number of rotatable bonds is 5. The highest BCUT2D eigenvalue weighted by atomic mass is 15.2. The average Bonchev–Trinajstić information content (AvgIpc) is 2.53. The first kappa shape index (κ1) is 15.0. The van der Waals surface area contributed by atoms with E-state index in [1.54, 1.807) is 12.1 Å². The fraction of sp³-hybridized carbons (Fsp3) is 0.353. The van der Waals surface area contributed by atoms with Crippen LogP contribution in [0.15, 0.2) is 36.4 Å². The molecule has 0 saturated carbocycles. The van der Waals surface area contributed by atoms with Gasteiger partial charge in [0, 0.05) is 12.0 Å². The quantitative estimate of drug-likeness (QED) is 0.912. The molecule has 108 valence electrons. The van der Waals surface area contributed by atoms with Crippen molar-refractivity contribution in [1.29, 1.82) is 5.26 Å². The maximum Gasteiger partial charge on any atom is 0.163 e. The van der Waals surface area contributed by atoms with Gasteiger partial charge in [-0.15, -0.1) is 10.2 Å². The van der Waals surface area contributed by atoms with Crippen LogP contribution in [0.3, 0.4) is 0 Å². The lowest BCUT2D eigenvalue weighted by atomic mass is 9.84. The third kappa shape index (κ3) is 3.79. The van der Waals surface area contributed by atoms with Gasteiger partial charge in [0.1, 0.15) is 11.9 Å². The molecule has 1 heterocycles. The molecule has 0 unspecified atom stereocenters. The predicted molar refractivity (Wildman–Crippen MR) is 84.1 cm³/mol. The summed E-state index contributed by atoms with van der Waals surface area (Å²) < 4.78 is 0. The Morgan fingerprint density at radius 3 is 2.33 bits per heavy atom. The summed E-state index contributed by atoms with van der Waals surface area (Å²) in [5.41, 5.74) is 2.95. The van der Waals surface area contributed by atoms with Crippen molar-refractivity contribution in [2.45, 2.75) is 32.6 Å². The van der Waals surface area contributed by atoms with Crippen LogP contribution in [0.1, 0.15) is 37.6 Å². The topological polar surface area (TPSA) is 61.6 Å². The van der Waals surface area contributed by atoms with Crippen LogP contribution in [0.5, 0.6) is 0 Å². The Morgan fingerprint density at radius 2 is 1.81 bits per heavy atom. The number of nitriles is 1. The maximum atomic E-state index is 8.71. The van der Waals surface area contributed by atoms with Crippen molar-refractivity contribution in [2.24, 2.45) is 0 Å². The van der Waals surface area contributed by atoms with Gasteiger partial charge in [-0.2, -0.15) is 5.26 Å². The number of anilines is 1. The highest BCUT2D eigenvalue weighted by Crippen LogP contribution is 2.24. The summed E-state index contributed by atoms with van der Waals surface area (Å²) in [6.45, 7) is 7.29. The van der Waals surface area contributed by atoms with Gasteiger partial charge in [0.05, 0.1) is 0 Å². The minimum absolute atomic E-state index is 0.0121. The van der Waals surface area contributed by atoms with E-state index in [1.807, 2.05) is 6.07 Å². The SMILES string of the molecule is CCc1ccc(C(C)(C)CNc2ccc(C#N)nn2)cc1. The molecule has 0 aliphatic heterocycles. The monoisotopic (exact) mass is 280 g/mol. The molecule has 0 saturated heterocycles. The molecule has 2 rings (SSSR count). The van der Waals surface area contributed by atoms with Crippen molar-refractivity contribution < 1.29 is 0 Å². The first-order valence-electron chi connectivity index (χ1n) is 7.12. The standard InChI is InChI=1S/C17H20N4/c1-4-13-5-7-14(8-6-13)17(2,3)12-19-16-10-9-15(11-18)20-21-16/h5-10H,4,12H2,1-3H3,(H,19,21). The van der Waals surface area contributed by atoms with E-state index in [9.17, 15) is 0 Å². The van der Waals surface area contributed by atoms with E-state index in [2.05, 4.69) is 60.6 Å². The van der Waals surface area contributed by atoms with Crippen molar-refractivity contribution in [3.8, 4) is 6.07 Å². The van der Waals surface area contributed by atoms with Crippen molar-refractivity contribution >= 4 is 5.82 Å². The van der Waals surface area contributed by atoms with Gasteiger partial charge in [-0.25, -0.2) is 0 Å². The molecular weight excluding hydrogens is 260 g/mol. The number of benzene rings is 1. The molecule has 0 aliphatic carbocycles. The number of hydrogen-bond donors (Lipinski definition) is 1. The number of aryl methyl sites for hydroxylation is 1. The van der Waals surface area contributed by atoms with Gasteiger partial charge in [0.15, 0.2) is 5.69 Å². The first-order valence-corrected chi connectivity index (χ1v) is 7.12. The average molecular weight is 280 g/mol. The van der Waals surface area contributed by atoms with E-state index in [0.29, 0.717) is 11.5 Å². The van der Waals surface area contributed by atoms with E-state index < -0.39 is 0 Å². The molecule has 0 aliphatic rings. The largest absolute Gasteiger partial charge is 0.368 e. The summed E-state index contributed by atoms with van der Waals surface area (Å²) in [6, 6.07) is 14.1. The molecule has 1 aromatic carbocycles. The highest BCUT2D eigenvalue weighted by Gasteiger charge is 2.20. The first-order chi connectivity index (χ1) is 10.0. The molecule has 21 heavy (non-hydrogen) atoms. The molecule has 0 atom stereocenters. The smallest absolute Gasteiger partial charge is 0.163 e. The molecule has 1 N–H and O–H groups in total. The number of nitrogens with zero attached hydrogens (tertiary/aromatic N) is 3. The second kappa shape index (κ2) is 6.36. The molecule has 0 amide bonds. The minimum Gasteiger partial charge on any atom is -0.368 e. The van der Waals surface area contributed by atoms with Gasteiger partial charge >= 0.3 is 0 Å². The van der Waals surface area contributed by atoms with Gasteiger partial charge in [-0.05, 0) is 29.7 Å². The molecule has 0 fully saturated rings. The molecule has 1 aromatic heterocycles. The Labute approximate surface area is 125 Å². The summed E-state index contributed by atoms with van der Waals surface area (Å²) in [6.07, 6.45) is 1.06. The van der Waals surface area contributed by atoms with Gasteiger partial charge < -0.3 is 5.32 Å². The van der Waals surface area contributed by atoms with Crippen molar-refractivity contribution in [2.75, 3.05) is 11.9 Å². The van der Waals surface area contributed by atoms with Crippen LogP contribution in [0.2, 0.25) is 0 Å². The lowest BCUT2D eigenvalue weighted by molar-refractivity contribution is 0.555. The second-order valence-electron chi connectivity index (χ2n) is 5.70. The Bertz CT molecular complexity index is 621. The fourth-order valence-electron chi connectivity index (χ4n) is 2.09. The lowest BCUT2D eigenvalue weighted by Crippen LogP contribution is -2.28. The third-order valence-corrected chi connectivity index (χ3v) is 3.63. The van der Waals surface area contributed by atoms with Gasteiger partial charge in [-0.3, -0.25) is 0 Å². The normalized spacial score (nSPS) is 11.0. The van der Waals surface area contributed by atoms with Crippen LogP contribution < -0.4 is 5.32 Å². The minimum atomic E-state index is -0.0121. The highest BCUT2D eigenvalue weighted by molar-refractivity contribution is 5.37. The number of nitrogens with one attached hydrogen (secondary N) is 1. The molecule has 2 aromatic rings. The van der Waals surface area contributed by atoms with E-state index in [4.69, 9.17) is 5.26 Å². The second-order valence-corrected chi connectivity index (χ2v) is 5.70. The van der Waals surface area contributed by atoms with Crippen LogP contribution in [-0.4, -0.2) is 16.7 Å². The fourth-order valence-corrected chi connectivity index (χ4v) is 2.09. The number of hydrogen-bond acceptors (Lipinski definition) is 4. The third-order valence-electron chi connectivity index (χ3n) is 3.63. The van der Waals surface area contributed by atoms with Crippen molar-refractivity contribution in [1.82, 2.24) is 10.2 Å². The Hall–Kier alpha value is -2.41. The van der Waals surface area contributed by atoms with Crippen molar-refractivity contribution in [3.05, 3.63) is 53.2 Å². The van der Waals surface area contributed by atoms with Crippen LogP contribution in [0, 0.1) is 11.3 Å². The van der Waals surface area contributed by atoms with E-state index in [-0.39, 0.29) is 5.41 Å². The summed E-state index contributed by atoms with van der Waals surface area (Å²) in [5, 5.41) is 19.8. The van der Waals surface area contributed by atoms with E-state index in [1.165, 1.54) is 11.1 Å². The zero-order valence-electron chi connectivity index (χ0n) is 12.7. The Morgan fingerprint density at radius 1 is 1.10 bits per heavy atom. The van der Waals surface area contributed by atoms with Crippen LogP contribution in [0.25, 0.3) is 0 Å². The Balaban J connectivity index is 2.03. The van der Waals surface area contributed by atoms with E-state index >= 15 is 0 Å². The van der Waals surface area contributed by atoms with Crippen LogP contribution >= 0.6 is 0 Å².